The molecule has 0 unspecified atom stereocenters. The number of hydrogen-bond acceptors (Lipinski definition) is 4. The van der Waals surface area contributed by atoms with Crippen molar-refractivity contribution in [2.75, 3.05) is 12.0 Å². The highest BCUT2D eigenvalue weighted by Crippen LogP contribution is 2.31. The Morgan fingerprint density at radius 3 is 2.52 bits per heavy atom. The molecule has 1 aromatic heterocycles. The van der Waals surface area contributed by atoms with Crippen LogP contribution >= 0.6 is 0 Å². The molecule has 0 saturated heterocycles. The summed E-state index contributed by atoms with van der Waals surface area (Å²) in [6, 6.07) is 15.0. The van der Waals surface area contributed by atoms with Crippen molar-refractivity contribution in [3.63, 3.8) is 0 Å². The lowest BCUT2D eigenvalue weighted by molar-refractivity contribution is -0.134. The minimum atomic E-state index is -0.578. The minimum Gasteiger partial charge on any atom is -0.466 e. The van der Waals surface area contributed by atoms with Crippen LogP contribution in [0.1, 0.15) is 43.2 Å². The highest BCUT2D eigenvalue weighted by molar-refractivity contribution is 5.95. The van der Waals surface area contributed by atoms with E-state index in [2.05, 4.69) is 9.84 Å². The summed E-state index contributed by atoms with van der Waals surface area (Å²) in [7, 11) is 3.12. The molecule has 1 aliphatic rings. The number of anilines is 1. The van der Waals surface area contributed by atoms with E-state index in [-0.39, 0.29) is 18.4 Å². The predicted octanol–water partition coefficient (Wildman–Crippen LogP) is 6.82. The molecule has 1 fully saturated rings. The van der Waals surface area contributed by atoms with E-state index in [9.17, 15) is 14.0 Å². The van der Waals surface area contributed by atoms with Gasteiger partial charge in [-0.2, -0.15) is 5.10 Å². The third kappa shape index (κ3) is 5.96. The van der Waals surface area contributed by atoms with Gasteiger partial charge in [0.05, 0.1) is 25.4 Å². The van der Waals surface area contributed by atoms with Crippen molar-refractivity contribution in [2.45, 2.75) is 38.6 Å². The molecule has 6 nitrogen and oxygen atoms in total. The lowest BCUT2D eigenvalue weighted by atomic mass is 9.88. The molecule has 1 aliphatic carbocycles. The van der Waals surface area contributed by atoms with E-state index >= 15 is 4.39 Å². The third-order valence-electron chi connectivity index (χ3n) is 7.51. The van der Waals surface area contributed by atoms with E-state index in [0.717, 1.165) is 48.6 Å². The van der Waals surface area contributed by atoms with Gasteiger partial charge in [-0.3, -0.25) is 9.48 Å². The number of hydrogen-bond donors (Lipinski definition) is 0. The van der Waals surface area contributed by atoms with Crippen molar-refractivity contribution in [3.05, 3.63) is 89.6 Å². The zero-order valence-corrected chi connectivity index (χ0v) is 22.6. The Balaban J connectivity index is 1.47. The minimum absolute atomic E-state index is 0.0489. The van der Waals surface area contributed by atoms with Crippen molar-refractivity contribution in [1.82, 2.24) is 9.78 Å². The molecular weight excluding hydrogens is 512 g/mol. The second-order valence-electron chi connectivity index (χ2n) is 10.2. The van der Waals surface area contributed by atoms with Gasteiger partial charge in [-0.15, -0.1) is 0 Å². The zero-order chi connectivity index (χ0) is 28.2. The van der Waals surface area contributed by atoms with E-state index in [1.165, 1.54) is 42.4 Å². The number of methoxy groups -OCH3 is 1. The summed E-state index contributed by atoms with van der Waals surface area (Å²) < 4.78 is 36.7. The summed E-state index contributed by atoms with van der Waals surface area (Å²) >= 11 is 0. The van der Waals surface area contributed by atoms with Crippen molar-refractivity contribution >= 4 is 34.5 Å². The Bertz CT molecular complexity index is 1590. The number of fused-ring (bicyclic) bond motifs is 1. The maximum absolute atomic E-state index is 15.6. The number of aryl methyl sites for hydroxylation is 1. The van der Waals surface area contributed by atoms with Gasteiger partial charge in [0.15, 0.2) is 0 Å². The molecule has 0 atom stereocenters. The number of benzene rings is 3. The summed E-state index contributed by atoms with van der Waals surface area (Å²) in [6.45, 7) is -0.0489. The Hall–Kier alpha value is -4.33. The van der Waals surface area contributed by atoms with Gasteiger partial charge in [-0.1, -0.05) is 37.5 Å². The number of carbonyl (C=O) groups excluding carboxylic acids is 2. The second kappa shape index (κ2) is 11.8. The molecule has 0 bridgehead atoms. The quantitative estimate of drug-likeness (QED) is 0.190. The van der Waals surface area contributed by atoms with Crippen LogP contribution in [0.5, 0.6) is 0 Å². The molecule has 0 radical (unpaired) electrons. The smallest absolute Gasteiger partial charge is 0.330 e. The van der Waals surface area contributed by atoms with Crippen LogP contribution in [0.15, 0.2) is 66.9 Å². The van der Waals surface area contributed by atoms with E-state index in [1.807, 2.05) is 31.3 Å². The molecule has 3 aromatic carbocycles. The summed E-state index contributed by atoms with van der Waals surface area (Å²) in [4.78, 5) is 26.8. The lowest BCUT2D eigenvalue weighted by Gasteiger charge is -2.30. The van der Waals surface area contributed by atoms with Gasteiger partial charge >= 0.3 is 5.97 Å². The fourth-order valence-corrected chi connectivity index (χ4v) is 5.32. The Morgan fingerprint density at radius 1 is 1.02 bits per heavy atom. The van der Waals surface area contributed by atoms with Gasteiger partial charge < -0.3 is 9.64 Å². The second-order valence-corrected chi connectivity index (χ2v) is 10.2. The largest absolute Gasteiger partial charge is 0.466 e. The first-order chi connectivity index (χ1) is 19.3. The molecule has 0 N–H and O–H groups in total. The van der Waals surface area contributed by atoms with Crippen LogP contribution in [-0.4, -0.2) is 28.8 Å². The number of ether oxygens (including phenoxy) is 1. The molecule has 0 aliphatic heterocycles. The summed E-state index contributed by atoms with van der Waals surface area (Å²) in [5, 5.41) is 5.22. The highest BCUT2D eigenvalue weighted by atomic mass is 19.1. The van der Waals surface area contributed by atoms with Crippen LogP contribution in [0.2, 0.25) is 0 Å². The molecule has 5 rings (SSSR count). The van der Waals surface area contributed by atoms with Gasteiger partial charge in [0.1, 0.15) is 11.6 Å². The van der Waals surface area contributed by atoms with Gasteiger partial charge in [0.2, 0.25) is 5.91 Å². The molecule has 8 heteroatoms. The molecule has 40 heavy (non-hydrogen) atoms. The molecule has 4 aromatic rings. The van der Waals surface area contributed by atoms with Crippen LogP contribution in [0.3, 0.4) is 0 Å². The van der Waals surface area contributed by atoms with Crippen molar-refractivity contribution in [2.24, 2.45) is 13.0 Å². The van der Waals surface area contributed by atoms with Crippen molar-refractivity contribution < 1.29 is 23.1 Å². The zero-order valence-electron chi connectivity index (χ0n) is 22.6. The Labute approximate surface area is 231 Å². The van der Waals surface area contributed by atoms with Crippen LogP contribution in [-0.2, 0) is 27.9 Å². The van der Waals surface area contributed by atoms with Crippen LogP contribution in [0.4, 0.5) is 14.5 Å². The molecular formula is C32H31F2N3O3. The number of nitrogens with zero attached hydrogens (tertiary/aromatic N) is 3. The maximum Gasteiger partial charge on any atom is 0.330 e. The van der Waals surface area contributed by atoms with Gasteiger partial charge in [-0.05, 0) is 72.0 Å². The monoisotopic (exact) mass is 543 g/mol. The number of amides is 1. The van der Waals surface area contributed by atoms with Crippen LogP contribution in [0.25, 0.3) is 28.1 Å². The number of aromatic nitrogens is 2. The molecule has 206 valence electrons. The van der Waals surface area contributed by atoms with E-state index in [1.54, 1.807) is 23.0 Å². The Kier molecular flexibility index (Phi) is 8.05. The number of esters is 1. The standard InChI is InChI=1S/C32H31F2N3O3/c1-36-30-12-11-23(16-26(30)19-35-36)24-9-10-25(29(34)17-24)20-37(32(39)22-6-4-3-5-7-22)28-15-21(14-27(33)18-28)8-13-31(38)40-2/h8-19,22H,3-7,20H2,1-2H3/b13-8+. The van der Waals surface area contributed by atoms with Gasteiger partial charge in [-0.25, -0.2) is 13.6 Å². The summed E-state index contributed by atoms with van der Waals surface area (Å²) in [5.41, 5.74) is 3.57. The molecule has 1 saturated carbocycles. The van der Waals surface area contributed by atoms with Crippen molar-refractivity contribution in [1.29, 1.82) is 0 Å². The fourth-order valence-electron chi connectivity index (χ4n) is 5.32. The van der Waals surface area contributed by atoms with E-state index in [0.29, 0.717) is 22.4 Å². The average molecular weight is 544 g/mol. The van der Waals surface area contributed by atoms with Gasteiger partial charge in [0.25, 0.3) is 0 Å². The molecule has 0 spiro atoms. The molecule has 1 heterocycles. The number of carbonyl (C=O) groups is 2. The first kappa shape index (κ1) is 27.2. The SMILES string of the molecule is COC(=O)/C=C/c1cc(F)cc(N(Cc2ccc(-c3ccc4c(cnn4C)c3)cc2F)C(=O)C2CCCCC2)c1. The van der Waals surface area contributed by atoms with Crippen LogP contribution in [0, 0.1) is 17.6 Å². The van der Waals surface area contributed by atoms with E-state index in [4.69, 9.17) is 0 Å². The third-order valence-corrected chi connectivity index (χ3v) is 7.51. The fraction of sp³-hybridized carbons (Fsp3) is 0.281. The number of halogens is 2. The summed E-state index contributed by atoms with van der Waals surface area (Å²) in [5.74, 6) is -1.96. The normalized spacial score (nSPS) is 14.1. The maximum atomic E-state index is 15.6. The lowest BCUT2D eigenvalue weighted by Crippen LogP contribution is -2.37. The predicted molar refractivity (Wildman–Crippen MR) is 151 cm³/mol. The van der Waals surface area contributed by atoms with E-state index < -0.39 is 17.6 Å². The van der Waals surface area contributed by atoms with Gasteiger partial charge in [0, 0.05) is 35.7 Å². The highest BCUT2D eigenvalue weighted by Gasteiger charge is 2.28. The van der Waals surface area contributed by atoms with Crippen LogP contribution < -0.4 is 4.90 Å². The first-order valence-electron chi connectivity index (χ1n) is 13.4. The first-order valence-corrected chi connectivity index (χ1v) is 13.4. The molecule has 1 amide bonds. The Morgan fingerprint density at radius 2 is 1.77 bits per heavy atom. The van der Waals surface area contributed by atoms with Crippen molar-refractivity contribution in [3.8, 4) is 11.1 Å². The number of rotatable bonds is 7. The summed E-state index contributed by atoms with van der Waals surface area (Å²) in [6.07, 6.45) is 8.86. The topological polar surface area (TPSA) is 64.4 Å². The average Bonchev–Trinajstić information content (AvgIpc) is 3.34.